The van der Waals surface area contributed by atoms with E-state index in [1.807, 2.05) is 273 Å². The molecule has 0 radical (unpaired) electrons. The van der Waals surface area contributed by atoms with E-state index >= 15 is 9.13 Å². The van der Waals surface area contributed by atoms with Gasteiger partial charge in [0.2, 0.25) is 5.91 Å². The first-order valence-electron chi connectivity index (χ1n) is 41.5. The normalized spacial score (nSPS) is 23.7. The fourth-order valence-corrected chi connectivity index (χ4v) is 17.1. The number of hydrogen-bond acceptors (Lipinski definition) is 25. The Balaban J connectivity index is 0.942. The largest absolute Gasteiger partial charge is 0.475 e. The molecule has 28 heteroatoms. The van der Waals surface area contributed by atoms with Crippen molar-refractivity contribution < 1.29 is 108 Å². The molecule has 3 aliphatic heterocycles. The summed E-state index contributed by atoms with van der Waals surface area (Å²) < 4.78 is 162. The van der Waals surface area contributed by atoms with Crippen LogP contribution in [0.4, 0.5) is 0 Å². The molecule has 3 heterocycles. The van der Waals surface area contributed by atoms with E-state index in [2.05, 4.69) is 17.5 Å². The molecule has 123 heavy (non-hydrogen) atoms. The van der Waals surface area contributed by atoms with Gasteiger partial charge in [-0.05, 0) is 56.5 Å². The Morgan fingerprint density at radius 3 is 0.862 bits per heavy atom. The van der Waals surface area contributed by atoms with E-state index in [-0.39, 0.29) is 118 Å². The number of nitrogens with zero attached hydrogens (tertiary/aromatic N) is 2. The van der Waals surface area contributed by atoms with Crippen molar-refractivity contribution in [3.05, 3.63) is 323 Å². The van der Waals surface area contributed by atoms with Gasteiger partial charge in [-0.25, -0.2) is 9.13 Å². The number of carbonyl (C=O) groups is 1. The minimum Gasteiger partial charge on any atom is -0.387 e. The molecule has 9 aromatic rings. The number of rotatable bonds is 52. The van der Waals surface area contributed by atoms with Gasteiger partial charge in [-0.2, -0.15) is 10.5 Å². The van der Waals surface area contributed by atoms with Gasteiger partial charge in [-0.15, -0.1) is 0 Å². The number of aliphatic hydroxyl groups excluding tert-OH is 1. The second-order valence-electron chi connectivity index (χ2n) is 29.7. The highest BCUT2D eigenvalue weighted by atomic mass is 31.2. The van der Waals surface area contributed by atoms with Crippen molar-refractivity contribution in [3.63, 3.8) is 0 Å². The Hall–Kier alpha value is -8.91. The van der Waals surface area contributed by atoms with E-state index < -0.39 is 134 Å². The van der Waals surface area contributed by atoms with E-state index in [9.17, 15) is 20.4 Å². The molecule has 0 bridgehead atoms. The molecule has 2 unspecified atom stereocenters. The van der Waals surface area contributed by atoms with Crippen molar-refractivity contribution in [2.75, 3.05) is 66.5 Å². The fourth-order valence-electron chi connectivity index (χ4n) is 14.3. The molecule has 0 saturated carbocycles. The number of aliphatic hydroxyl groups is 1. The average molecular weight is 1720 g/mol. The topological polar surface area (TPSA) is 306 Å². The number of ether oxygens (including phenoxy) is 13. The summed E-state index contributed by atoms with van der Waals surface area (Å²) in [6.07, 6.45) is -19.3. The lowest BCUT2D eigenvalue weighted by molar-refractivity contribution is -0.270. The zero-order valence-electron chi connectivity index (χ0n) is 68.9. The maximum atomic E-state index is 16.8. The highest BCUT2D eigenvalue weighted by molar-refractivity contribution is 7.48. The smallest absolute Gasteiger partial charge is 0.387 e. The van der Waals surface area contributed by atoms with Crippen molar-refractivity contribution in [3.8, 4) is 12.1 Å². The molecule has 3 saturated heterocycles. The number of nitriles is 2. The summed E-state index contributed by atoms with van der Waals surface area (Å²) in [4.78, 5) is 12.6. The second kappa shape index (κ2) is 50.9. The number of phosphoric ester groups is 2. The molecular weight excluding hydrogens is 1610 g/mol. The molecule has 2 N–H and O–H groups in total. The van der Waals surface area contributed by atoms with E-state index in [4.69, 9.17) is 88.7 Å². The van der Waals surface area contributed by atoms with Crippen LogP contribution in [0.1, 0.15) is 75.8 Å². The van der Waals surface area contributed by atoms with Gasteiger partial charge in [0.05, 0.1) is 137 Å². The predicted octanol–water partition coefficient (Wildman–Crippen LogP) is 15.2. The highest BCUT2D eigenvalue weighted by Crippen LogP contribution is 2.56. The van der Waals surface area contributed by atoms with Crippen LogP contribution in [-0.4, -0.2) is 169 Å². The van der Waals surface area contributed by atoms with Gasteiger partial charge in [0.15, 0.2) is 0 Å². The van der Waals surface area contributed by atoms with Crippen molar-refractivity contribution in [2.45, 2.75) is 177 Å². The van der Waals surface area contributed by atoms with E-state index in [1.165, 1.54) is 0 Å². The Morgan fingerprint density at radius 1 is 0.325 bits per heavy atom. The third-order valence-corrected chi connectivity index (χ3v) is 23.5. The summed E-state index contributed by atoms with van der Waals surface area (Å²) in [6.45, 7) is -2.65. The molecule has 0 spiro atoms. The van der Waals surface area contributed by atoms with E-state index in [0.29, 0.717) is 12.0 Å². The highest BCUT2D eigenvalue weighted by Gasteiger charge is 2.56. The predicted molar refractivity (Wildman–Crippen MR) is 454 cm³/mol. The molecule has 3 aliphatic rings. The number of benzene rings is 9. The monoisotopic (exact) mass is 1720 g/mol. The SMILES string of the molecule is CNC(=O)CCCOC[C@@H]1O[C@H](COCc2ccccc2)[C@@H](OCc2ccccc2)[C@H](OCc2ccccc2)[C@H]1OP(=O)(OCCC#N)OC[C@@H]1O[C@H](COCc2ccccc2)[C@@H](OCc2ccccc2)[C@H](OCc2ccccc2)[C@H]1OP(=O)(OCCC#N)OC[C@@H]1O[C@H](COCc2ccccc2)[C@@H](OCc2ccccc2)[C@H](O)[C@H]1OCc1ccccc1. The van der Waals surface area contributed by atoms with Crippen molar-refractivity contribution >= 4 is 21.6 Å². The lowest BCUT2D eigenvalue weighted by atomic mass is 9.94. The number of hydrogen-bond donors (Lipinski definition) is 2. The summed E-state index contributed by atoms with van der Waals surface area (Å²) in [5.74, 6) is -0.195. The van der Waals surface area contributed by atoms with Crippen LogP contribution >= 0.6 is 15.6 Å². The quantitative estimate of drug-likeness (QED) is 0.0264. The minimum absolute atomic E-state index is 0.0248. The minimum atomic E-state index is -5.26. The van der Waals surface area contributed by atoms with Gasteiger partial charge in [-0.1, -0.05) is 273 Å². The van der Waals surface area contributed by atoms with Gasteiger partial charge >= 0.3 is 15.6 Å². The van der Waals surface area contributed by atoms with Crippen LogP contribution in [0.15, 0.2) is 273 Å². The van der Waals surface area contributed by atoms with Crippen LogP contribution in [0.3, 0.4) is 0 Å². The van der Waals surface area contributed by atoms with Crippen LogP contribution in [-0.2, 0) is 162 Å². The first-order valence-corrected chi connectivity index (χ1v) is 44.4. The van der Waals surface area contributed by atoms with Crippen LogP contribution in [0.25, 0.3) is 0 Å². The Labute approximate surface area is 719 Å². The molecular formula is C95H109N3O23P2. The molecule has 0 aromatic heterocycles. The first kappa shape index (κ1) is 93.3. The van der Waals surface area contributed by atoms with Gasteiger partial charge in [0.25, 0.3) is 0 Å². The lowest BCUT2D eigenvalue weighted by Crippen LogP contribution is -2.62. The van der Waals surface area contributed by atoms with E-state index in [0.717, 1.165) is 44.5 Å². The number of nitrogens with one attached hydrogen (secondary N) is 1. The Morgan fingerprint density at radius 2 is 0.569 bits per heavy atom. The first-order chi connectivity index (χ1) is 60.4. The molecule has 1 amide bonds. The van der Waals surface area contributed by atoms with E-state index in [1.54, 1.807) is 7.05 Å². The van der Waals surface area contributed by atoms with Crippen LogP contribution < -0.4 is 5.32 Å². The maximum Gasteiger partial charge on any atom is 0.475 e. The average Bonchev–Trinajstić information content (AvgIpc) is 0.782. The second-order valence-corrected chi connectivity index (χ2v) is 32.9. The zero-order chi connectivity index (χ0) is 85.4. The molecule has 12 rings (SSSR count). The molecule has 26 nitrogen and oxygen atoms in total. The molecule has 17 atom stereocenters. The Kier molecular flexibility index (Phi) is 38.6. The van der Waals surface area contributed by atoms with Crippen molar-refractivity contribution in [1.29, 1.82) is 10.5 Å². The summed E-state index contributed by atoms with van der Waals surface area (Å²) in [5, 5.41) is 36.0. The fraction of sp³-hybridized carbons (Fsp3) is 0.400. The summed E-state index contributed by atoms with van der Waals surface area (Å²) in [5.41, 5.74) is 7.20. The molecule has 652 valence electrons. The number of phosphoric acid groups is 2. The van der Waals surface area contributed by atoms with Crippen LogP contribution in [0.5, 0.6) is 0 Å². The van der Waals surface area contributed by atoms with Crippen molar-refractivity contribution in [2.24, 2.45) is 0 Å². The molecule has 3 fully saturated rings. The van der Waals surface area contributed by atoms with Crippen LogP contribution in [0, 0.1) is 22.7 Å². The number of carbonyl (C=O) groups excluding carboxylic acids is 1. The maximum absolute atomic E-state index is 16.8. The lowest BCUT2D eigenvalue weighted by Gasteiger charge is -2.47. The van der Waals surface area contributed by atoms with Crippen LogP contribution in [0.2, 0.25) is 0 Å². The summed E-state index contributed by atoms with van der Waals surface area (Å²) >= 11 is 0. The number of amides is 1. The van der Waals surface area contributed by atoms with Gasteiger partial charge in [0.1, 0.15) is 91.6 Å². The molecule has 9 aromatic carbocycles. The summed E-state index contributed by atoms with van der Waals surface area (Å²) in [7, 11) is -8.96. The zero-order valence-corrected chi connectivity index (χ0v) is 70.7. The molecule has 0 aliphatic carbocycles. The third-order valence-electron chi connectivity index (χ3n) is 20.6. The van der Waals surface area contributed by atoms with Gasteiger partial charge in [0, 0.05) is 20.1 Å². The van der Waals surface area contributed by atoms with Crippen molar-refractivity contribution in [1.82, 2.24) is 5.32 Å². The Bertz CT molecular complexity index is 4640. The summed E-state index contributed by atoms with van der Waals surface area (Å²) in [6, 6.07) is 89.2. The standard InChI is InChI=1S/C95H109N3O23P2/c1-98-86(99)50-29-53-103-65-83-92(94(111-63-78-46-25-9-26-47-78)90(109-61-76-42-21-7-22-43-76)81(118-83)67-105-57-72-34-13-3-14-35-72)120-123(102,114-55-31-52-97)116-70-85-93(95(112-64-79-48-27-10-28-49-79)91(110-62-77-44-23-8-24-45-77)82(119-85)68-106-58-73-36-15-4-16-37-73)121-122(101,113-54-30-51-96)115-69-84-89(108-60-75-40-19-6-20-41-75)87(100)88(107-59-74-38-17-5-18-39-74)80(117-84)66-104-56-71-32-11-2-12-33-71/h2-28,32-49,80-85,87-95,100H,29-31,50,53-70H2,1H3,(H,98,99)/t80-,81-,82-,83+,84+,85+,87+,88-,89+,90-,91-,92+,93+,94+,95+,122?,123?/m1/s1. The van der Waals surface area contributed by atoms with Gasteiger partial charge in [-0.3, -0.25) is 31.9 Å². The van der Waals surface area contributed by atoms with Gasteiger partial charge < -0.3 is 72.0 Å². The third kappa shape index (κ3) is 30.2.